The first-order valence-corrected chi connectivity index (χ1v) is 4.00. The van der Waals surface area contributed by atoms with Crippen molar-refractivity contribution in [3.05, 3.63) is 0 Å². The topological polar surface area (TPSA) is 20.2 Å². The van der Waals surface area contributed by atoms with E-state index in [2.05, 4.69) is 0 Å². The Bertz CT molecular complexity index is 203. The molecule has 6 heteroatoms. The van der Waals surface area contributed by atoms with Crippen LogP contribution in [0.1, 0.15) is 6.92 Å². The average Bonchev–Trinajstić information content (AvgIpc) is 2.28. The molecule has 0 radical (unpaired) electrons. The zero-order valence-corrected chi connectivity index (χ0v) is 7.63. The van der Waals surface area contributed by atoms with Gasteiger partial charge in [-0.25, -0.2) is 0 Å². The molecule has 0 aromatic heterocycles. The van der Waals surface area contributed by atoms with Gasteiger partial charge in [0.2, 0.25) is 0 Å². The molecule has 1 fully saturated rings. The van der Waals surface area contributed by atoms with Gasteiger partial charge in [0.1, 0.15) is 9.75 Å². The minimum Gasteiger partial charge on any atom is -0.396 e. The van der Waals surface area contributed by atoms with Crippen LogP contribution >= 0.6 is 23.2 Å². The number of alkyl halides is 5. The summed E-state index contributed by atoms with van der Waals surface area (Å²) in [5.74, 6) is -1.12. The van der Waals surface area contributed by atoms with Crippen molar-refractivity contribution < 1.29 is 18.3 Å². The maximum atomic E-state index is 12.3. The second-order valence-corrected chi connectivity index (χ2v) is 4.44. The first-order valence-electron chi connectivity index (χ1n) is 3.25. The molecule has 0 bridgehead atoms. The summed E-state index contributed by atoms with van der Waals surface area (Å²) in [7, 11) is 0. The summed E-state index contributed by atoms with van der Waals surface area (Å²) in [5.41, 5.74) is -2.17. The lowest BCUT2D eigenvalue weighted by Crippen LogP contribution is -2.27. The number of rotatable bonds is 1. The molecule has 0 heterocycles. The highest BCUT2D eigenvalue weighted by Crippen LogP contribution is 2.74. The first-order chi connectivity index (χ1) is 5.19. The van der Waals surface area contributed by atoms with Gasteiger partial charge in [-0.15, -0.1) is 23.2 Å². The van der Waals surface area contributed by atoms with Crippen molar-refractivity contribution in [2.24, 2.45) is 11.3 Å². The van der Waals surface area contributed by atoms with Gasteiger partial charge in [-0.05, 0) is 6.92 Å². The third-order valence-electron chi connectivity index (χ3n) is 2.52. The molecule has 12 heavy (non-hydrogen) atoms. The molecule has 0 saturated heterocycles. The zero-order chi connectivity index (χ0) is 9.78. The van der Waals surface area contributed by atoms with Crippen LogP contribution in [-0.2, 0) is 0 Å². The van der Waals surface area contributed by atoms with E-state index in [0.717, 1.165) is 6.92 Å². The van der Waals surface area contributed by atoms with Gasteiger partial charge in [0.05, 0.1) is 0 Å². The Kier molecular flexibility index (Phi) is 2.10. The van der Waals surface area contributed by atoms with Gasteiger partial charge in [-0.2, -0.15) is 13.2 Å². The molecule has 1 aliphatic carbocycles. The fourth-order valence-electron chi connectivity index (χ4n) is 1.30. The molecule has 0 amide bonds. The zero-order valence-electron chi connectivity index (χ0n) is 6.12. The summed E-state index contributed by atoms with van der Waals surface area (Å²) < 4.78 is 35.0. The second-order valence-electron chi connectivity index (χ2n) is 3.06. The van der Waals surface area contributed by atoms with Crippen LogP contribution in [-0.4, -0.2) is 22.2 Å². The molecule has 0 aromatic rings. The summed E-state index contributed by atoms with van der Waals surface area (Å²) in [6, 6.07) is 0. The van der Waals surface area contributed by atoms with E-state index >= 15 is 0 Å². The minimum atomic E-state index is -4.47. The van der Waals surface area contributed by atoms with Gasteiger partial charge in [0.15, 0.2) is 0 Å². The van der Waals surface area contributed by atoms with E-state index in [0.29, 0.717) is 0 Å². The van der Waals surface area contributed by atoms with Gasteiger partial charge in [0, 0.05) is 12.5 Å². The number of hydrogen-bond acceptors (Lipinski definition) is 1. The smallest absolute Gasteiger partial charge is 0.396 e. The van der Waals surface area contributed by atoms with E-state index in [1.54, 1.807) is 0 Å². The molecule has 72 valence electrons. The third kappa shape index (κ3) is 0.978. The molecule has 0 aliphatic heterocycles. The highest BCUT2D eigenvalue weighted by atomic mass is 35.5. The van der Waals surface area contributed by atoms with Crippen molar-refractivity contribution >= 4 is 23.2 Å². The molecule has 1 aliphatic rings. The summed E-state index contributed by atoms with van der Waals surface area (Å²) in [6.45, 7) is 0.261. The standard InChI is InChI=1S/C6H7Cl2F3O/c1-4(6(9,10)11)3(2-12)5(4,7)8/h3,12H,2H2,1H3/t3-,4-/m1/s1. The SMILES string of the molecule is C[C@@]1(C(F)(F)F)[C@@H](CO)C1(Cl)Cl. The van der Waals surface area contributed by atoms with Crippen LogP contribution in [0.4, 0.5) is 13.2 Å². The van der Waals surface area contributed by atoms with Gasteiger partial charge in [0.25, 0.3) is 0 Å². The fraction of sp³-hybridized carbons (Fsp3) is 1.00. The number of hydrogen-bond donors (Lipinski definition) is 1. The largest absolute Gasteiger partial charge is 0.397 e. The normalized spacial score (nSPS) is 39.8. The Morgan fingerprint density at radius 2 is 1.83 bits per heavy atom. The number of aliphatic hydroxyl groups is 1. The quantitative estimate of drug-likeness (QED) is 0.676. The van der Waals surface area contributed by atoms with Crippen LogP contribution in [0, 0.1) is 11.3 Å². The lowest BCUT2D eigenvalue weighted by atomic mass is 10.1. The Labute approximate surface area is 77.5 Å². The van der Waals surface area contributed by atoms with Gasteiger partial charge in [-0.3, -0.25) is 0 Å². The van der Waals surface area contributed by atoms with E-state index < -0.39 is 28.4 Å². The highest BCUT2D eigenvalue weighted by Gasteiger charge is 2.84. The third-order valence-corrected chi connectivity index (χ3v) is 3.83. The van der Waals surface area contributed by atoms with Crippen molar-refractivity contribution in [2.75, 3.05) is 6.61 Å². The predicted octanol–water partition coefficient (Wildman–Crippen LogP) is 2.35. The molecular formula is C6H7Cl2F3O. The van der Waals surface area contributed by atoms with Gasteiger partial charge >= 0.3 is 6.18 Å². The molecular weight excluding hydrogens is 216 g/mol. The molecule has 1 rings (SSSR count). The van der Waals surface area contributed by atoms with Crippen molar-refractivity contribution in [3.63, 3.8) is 0 Å². The fourth-order valence-corrected chi connectivity index (χ4v) is 2.24. The van der Waals surface area contributed by atoms with Gasteiger partial charge in [-0.1, -0.05) is 0 Å². The summed E-state index contributed by atoms with van der Waals surface area (Å²) in [5, 5.41) is 8.57. The molecule has 0 spiro atoms. The lowest BCUT2D eigenvalue weighted by Gasteiger charge is -2.16. The second kappa shape index (κ2) is 2.42. The van der Waals surface area contributed by atoms with Crippen LogP contribution in [0.15, 0.2) is 0 Å². The van der Waals surface area contributed by atoms with E-state index in [-0.39, 0.29) is 0 Å². The minimum absolute atomic E-state index is 0.650. The average molecular weight is 223 g/mol. The monoisotopic (exact) mass is 222 g/mol. The lowest BCUT2D eigenvalue weighted by molar-refractivity contribution is -0.188. The van der Waals surface area contributed by atoms with Crippen LogP contribution in [0.2, 0.25) is 0 Å². The van der Waals surface area contributed by atoms with E-state index in [1.165, 1.54) is 0 Å². The Balaban J connectivity index is 2.91. The van der Waals surface area contributed by atoms with Crippen molar-refractivity contribution in [1.82, 2.24) is 0 Å². The highest BCUT2D eigenvalue weighted by molar-refractivity contribution is 6.52. The van der Waals surface area contributed by atoms with Crippen LogP contribution in [0.3, 0.4) is 0 Å². The first kappa shape index (κ1) is 10.4. The molecule has 1 N–H and O–H groups in total. The van der Waals surface area contributed by atoms with Crippen molar-refractivity contribution in [2.45, 2.75) is 17.4 Å². The van der Waals surface area contributed by atoms with E-state index in [4.69, 9.17) is 28.3 Å². The van der Waals surface area contributed by atoms with Gasteiger partial charge < -0.3 is 5.11 Å². The molecule has 2 atom stereocenters. The molecule has 0 aromatic carbocycles. The van der Waals surface area contributed by atoms with Crippen LogP contribution in [0.25, 0.3) is 0 Å². The van der Waals surface area contributed by atoms with Crippen molar-refractivity contribution in [1.29, 1.82) is 0 Å². The Morgan fingerprint density at radius 3 is 1.92 bits per heavy atom. The van der Waals surface area contributed by atoms with Crippen molar-refractivity contribution in [3.8, 4) is 0 Å². The summed E-state index contributed by atoms with van der Waals surface area (Å²) >= 11 is 10.8. The number of aliphatic hydroxyl groups excluding tert-OH is 1. The Morgan fingerprint density at radius 1 is 1.42 bits per heavy atom. The maximum absolute atomic E-state index is 12.3. The molecule has 1 nitrogen and oxygen atoms in total. The number of halogens is 5. The predicted molar refractivity (Wildman–Crippen MR) is 39.2 cm³/mol. The van der Waals surface area contributed by atoms with Crippen LogP contribution in [0.5, 0.6) is 0 Å². The molecule has 1 saturated carbocycles. The summed E-state index contributed by atoms with van der Waals surface area (Å²) in [4.78, 5) is 0. The van der Waals surface area contributed by atoms with Crippen LogP contribution < -0.4 is 0 Å². The Hall–Kier alpha value is 0.330. The van der Waals surface area contributed by atoms with E-state index in [1.807, 2.05) is 0 Å². The molecule has 0 unspecified atom stereocenters. The summed E-state index contributed by atoms with van der Waals surface area (Å²) in [6.07, 6.45) is -4.47. The van der Waals surface area contributed by atoms with E-state index in [9.17, 15) is 13.2 Å². The maximum Gasteiger partial charge on any atom is 0.397 e.